The number of nitrogens with zero attached hydrogens (tertiary/aromatic N) is 1. The van der Waals surface area contributed by atoms with E-state index >= 15 is 0 Å². The number of amides is 1. The third-order valence-corrected chi connectivity index (χ3v) is 3.96. The molecule has 1 aromatic heterocycles. The fourth-order valence-corrected chi connectivity index (χ4v) is 2.55. The highest BCUT2D eigenvalue weighted by atomic mass is 32.1. The number of nitrogens with one attached hydrogen (secondary N) is 1. The van der Waals surface area contributed by atoms with Gasteiger partial charge in [-0.2, -0.15) is 0 Å². The lowest BCUT2D eigenvalue weighted by atomic mass is 10.1. The topological polar surface area (TPSA) is 68.3 Å². The van der Waals surface area contributed by atoms with E-state index in [0.29, 0.717) is 23.4 Å². The quantitative estimate of drug-likeness (QED) is 0.812. The van der Waals surface area contributed by atoms with Crippen molar-refractivity contribution in [2.75, 3.05) is 11.9 Å². The molecule has 1 saturated carbocycles. The van der Waals surface area contributed by atoms with Crippen molar-refractivity contribution in [3.8, 4) is 0 Å². The fourth-order valence-electron chi connectivity index (χ4n) is 1.84. The number of hydrogen-bond donors (Lipinski definition) is 1. The van der Waals surface area contributed by atoms with Crippen molar-refractivity contribution >= 4 is 28.3 Å². The zero-order valence-electron chi connectivity index (χ0n) is 11.1. The summed E-state index contributed by atoms with van der Waals surface area (Å²) < 4.78 is 4.85. The Kier molecular flexibility index (Phi) is 4.52. The standard InChI is InChI=1S/C13H18N2O3S/c1-3-18-11(16)6-10-7-19-13(14-10)15-12(17)8(2)9-4-5-9/h7-9H,3-6H2,1-2H3,(H,14,15,17). The van der Waals surface area contributed by atoms with E-state index in [0.717, 1.165) is 12.8 Å². The summed E-state index contributed by atoms with van der Waals surface area (Å²) in [6, 6.07) is 0. The number of ether oxygens (including phenoxy) is 1. The molecular formula is C13H18N2O3S. The van der Waals surface area contributed by atoms with Crippen LogP contribution in [0.15, 0.2) is 5.38 Å². The molecule has 2 rings (SSSR count). The monoisotopic (exact) mass is 282 g/mol. The molecule has 1 heterocycles. The number of esters is 1. The van der Waals surface area contributed by atoms with Crippen LogP contribution >= 0.6 is 11.3 Å². The molecule has 0 aliphatic heterocycles. The molecule has 1 atom stereocenters. The zero-order chi connectivity index (χ0) is 13.8. The van der Waals surface area contributed by atoms with Crippen LogP contribution in [0, 0.1) is 11.8 Å². The largest absolute Gasteiger partial charge is 0.466 e. The van der Waals surface area contributed by atoms with Crippen molar-refractivity contribution < 1.29 is 14.3 Å². The van der Waals surface area contributed by atoms with Gasteiger partial charge in [-0.1, -0.05) is 6.92 Å². The first-order valence-corrected chi connectivity index (χ1v) is 7.39. The van der Waals surface area contributed by atoms with Crippen LogP contribution in [0.4, 0.5) is 5.13 Å². The van der Waals surface area contributed by atoms with Gasteiger partial charge in [0.25, 0.3) is 0 Å². The molecule has 1 unspecified atom stereocenters. The Labute approximate surface area is 116 Å². The molecule has 1 aromatic rings. The maximum absolute atomic E-state index is 11.9. The van der Waals surface area contributed by atoms with Gasteiger partial charge in [-0.15, -0.1) is 11.3 Å². The van der Waals surface area contributed by atoms with Gasteiger partial charge in [0.1, 0.15) is 0 Å². The van der Waals surface area contributed by atoms with Gasteiger partial charge in [0, 0.05) is 11.3 Å². The number of hydrogen-bond acceptors (Lipinski definition) is 5. The van der Waals surface area contributed by atoms with E-state index in [9.17, 15) is 9.59 Å². The second kappa shape index (κ2) is 6.14. The van der Waals surface area contributed by atoms with Gasteiger partial charge in [0.2, 0.25) is 5.91 Å². The minimum Gasteiger partial charge on any atom is -0.466 e. The third kappa shape index (κ3) is 4.02. The molecule has 0 aromatic carbocycles. The number of thiazole rings is 1. The van der Waals surface area contributed by atoms with Crippen molar-refractivity contribution in [2.45, 2.75) is 33.1 Å². The molecule has 1 aliphatic carbocycles. The smallest absolute Gasteiger partial charge is 0.311 e. The molecule has 0 radical (unpaired) electrons. The Hall–Kier alpha value is -1.43. The summed E-state index contributed by atoms with van der Waals surface area (Å²) in [7, 11) is 0. The molecule has 104 valence electrons. The Morgan fingerprint density at radius 1 is 1.58 bits per heavy atom. The van der Waals surface area contributed by atoms with Gasteiger partial charge < -0.3 is 10.1 Å². The number of carbonyl (C=O) groups is 2. The first-order valence-electron chi connectivity index (χ1n) is 6.51. The summed E-state index contributed by atoms with van der Waals surface area (Å²) in [4.78, 5) is 27.4. The summed E-state index contributed by atoms with van der Waals surface area (Å²) in [5, 5.41) is 5.13. The van der Waals surface area contributed by atoms with Crippen LogP contribution in [0.2, 0.25) is 0 Å². The Morgan fingerprint density at radius 2 is 2.32 bits per heavy atom. The lowest BCUT2D eigenvalue weighted by Gasteiger charge is -2.08. The summed E-state index contributed by atoms with van der Waals surface area (Å²) in [5.41, 5.74) is 0.637. The normalized spacial score (nSPS) is 15.9. The molecule has 1 amide bonds. The van der Waals surface area contributed by atoms with Crippen LogP contribution < -0.4 is 5.32 Å². The lowest BCUT2D eigenvalue weighted by Crippen LogP contribution is -2.21. The van der Waals surface area contributed by atoms with Gasteiger partial charge in [-0.25, -0.2) is 4.98 Å². The molecular weight excluding hydrogens is 264 g/mol. The highest BCUT2D eigenvalue weighted by Crippen LogP contribution is 2.37. The van der Waals surface area contributed by atoms with E-state index in [4.69, 9.17) is 4.74 Å². The average molecular weight is 282 g/mol. The lowest BCUT2D eigenvalue weighted by molar-refractivity contribution is -0.142. The predicted molar refractivity (Wildman–Crippen MR) is 73.0 cm³/mol. The van der Waals surface area contributed by atoms with Crippen LogP contribution in [0.3, 0.4) is 0 Å². The Morgan fingerprint density at radius 3 is 2.95 bits per heavy atom. The predicted octanol–water partition coefficient (Wildman–Crippen LogP) is 2.23. The SMILES string of the molecule is CCOC(=O)Cc1csc(NC(=O)C(C)C2CC2)n1. The van der Waals surface area contributed by atoms with E-state index in [1.807, 2.05) is 6.92 Å². The number of aromatic nitrogens is 1. The first kappa shape index (κ1) is 14.0. The van der Waals surface area contributed by atoms with E-state index in [2.05, 4.69) is 10.3 Å². The van der Waals surface area contributed by atoms with Crippen molar-refractivity contribution in [1.82, 2.24) is 4.98 Å². The van der Waals surface area contributed by atoms with Crippen LogP contribution in [0.25, 0.3) is 0 Å². The number of rotatable bonds is 6. The highest BCUT2D eigenvalue weighted by Gasteiger charge is 2.32. The van der Waals surface area contributed by atoms with Crippen LogP contribution in [0.5, 0.6) is 0 Å². The Balaban J connectivity index is 1.86. The van der Waals surface area contributed by atoms with Gasteiger partial charge in [0.15, 0.2) is 5.13 Å². The summed E-state index contributed by atoms with van der Waals surface area (Å²) in [5.74, 6) is 0.285. The van der Waals surface area contributed by atoms with Gasteiger partial charge >= 0.3 is 5.97 Å². The second-order valence-electron chi connectivity index (χ2n) is 4.74. The molecule has 6 heteroatoms. The highest BCUT2D eigenvalue weighted by molar-refractivity contribution is 7.13. The number of carbonyl (C=O) groups excluding carboxylic acids is 2. The van der Waals surface area contributed by atoms with Crippen molar-refractivity contribution in [3.63, 3.8) is 0 Å². The maximum atomic E-state index is 11.9. The molecule has 1 fully saturated rings. The molecule has 1 aliphatic rings. The molecule has 0 saturated heterocycles. The zero-order valence-corrected chi connectivity index (χ0v) is 12.0. The first-order chi connectivity index (χ1) is 9.10. The van der Waals surface area contributed by atoms with Gasteiger partial charge in [-0.05, 0) is 25.7 Å². The minimum absolute atomic E-state index is 0.0135. The minimum atomic E-state index is -0.294. The second-order valence-corrected chi connectivity index (χ2v) is 5.60. The average Bonchev–Trinajstić information content (AvgIpc) is 3.12. The van der Waals surface area contributed by atoms with E-state index in [1.165, 1.54) is 11.3 Å². The van der Waals surface area contributed by atoms with E-state index in [1.54, 1.807) is 12.3 Å². The van der Waals surface area contributed by atoms with Crippen molar-refractivity contribution in [2.24, 2.45) is 11.8 Å². The van der Waals surface area contributed by atoms with Crippen LogP contribution in [0.1, 0.15) is 32.4 Å². The van der Waals surface area contributed by atoms with Crippen molar-refractivity contribution in [1.29, 1.82) is 0 Å². The Bertz CT molecular complexity index is 468. The summed E-state index contributed by atoms with van der Waals surface area (Å²) in [6.07, 6.45) is 2.43. The molecule has 0 spiro atoms. The van der Waals surface area contributed by atoms with E-state index < -0.39 is 0 Å². The maximum Gasteiger partial charge on any atom is 0.311 e. The summed E-state index contributed by atoms with van der Waals surface area (Å²) >= 11 is 1.34. The molecule has 1 N–H and O–H groups in total. The van der Waals surface area contributed by atoms with Crippen LogP contribution in [-0.4, -0.2) is 23.5 Å². The van der Waals surface area contributed by atoms with Crippen LogP contribution in [-0.2, 0) is 20.7 Å². The fraction of sp³-hybridized carbons (Fsp3) is 0.615. The van der Waals surface area contributed by atoms with Gasteiger partial charge in [-0.3, -0.25) is 9.59 Å². The van der Waals surface area contributed by atoms with Crippen molar-refractivity contribution in [3.05, 3.63) is 11.1 Å². The molecule has 19 heavy (non-hydrogen) atoms. The van der Waals surface area contributed by atoms with E-state index in [-0.39, 0.29) is 24.2 Å². The molecule has 5 nitrogen and oxygen atoms in total. The van der Waals surface area contributed by atoms with Gasteiger partial charge in [0.05, 0.1) is 18.7 Å². The number of anilines is 1. The molecule has 0 bridgehead atoms. The third-order valence-electron chi connectivity index (χ3n) is 3.16. The summed E-state index contributed by atoms with van der Waals surface area (Å²) in [6.45, 7) is 4.08.